The van der Waals surface area contributed by atoms with E-state index in [1.807, 2.05) is 26.8 Å². The predicted octanol–water partition coefficient (Wildman–Crippen LogP) is 3.84. The Morgan fingerprint density at radius 1 is 1.04 bits per heavy atom. The SMILES string of the molecule is Cc1ccc(NC(=O)CNc2ccc(C(=O)NC(C)C)cc2)cc1Cl. The van der Waals surface area contributed by atoms with Crippen LogP contribution in [0.4, 0.5) is 11.4 Å². The highest BCUT2D eigenvalue weighted by Crippen LogP contribution is 2.19. The van der Waals surface area contributed by atoms with E-state index in [2.05, 4.69) is 16.0 Å². The fourth-order valence-electron chi connectivity index (χ4n) is 2.14. The zero-order valence-corrected chi connectivity index (χ0v) is 15.3. The lowest BCUT2D eigenvalue weighted by Gasteiger charge is -2.10. The molecule has 2 amide bonds. The Morgan fingerprint density at radius 2 is 1.68 bits per heavy atom. The van der Waals surface area contributed by atoms with Crippen LogP contribution < -0.4 is 16.0 Å². The summed E-state index contributed by atoms with van der Waals surface area (Å²) in [6.45, 7) is 5.84. The van der Waals surface area contributed by atoms with Gasteiger partial charge in [0, 0.05) is 28.0 Å². The van der Waals surface area contributed by atoms with Crippen molar-refractivity contribution in [3.8, 4) is 0 Å². The quantitative estimate of drug-likeness (QED) is 0.734. The molecule has 2 aromatic carbocycles. The lowest BCUT2D eigenvalue weighted by Crippen LogP contribution is -2.30. The molecular weight excluding hydrogens is 338 g/mol. The van der Waals surface area contributed by atoms with Gasteiger partial charge in [-0.3, -0.25) is 9.59 Å². The maximum Gasteiger partial charge on any atom is 0.251 e. The molecule has 0 fully saturated rings. The summed E-state index contributed by atoms with van der Waals surface area (Å²) in [6.07, 6.45) is 0. The molecule has 0 atom stereocenters. The first-order valence-electron chi connectivity index (χ1n) is 8.06. The third kappa shape index (κ3) is 5.80. The molecule has 0 aliphatic rings. The van der Waals surface area contributed by atoms with Gasteiger partial charge in [0.25, 0.3) is 5.91 Å². The van der Waals surface area contributed by atoms with E-state index in [-0.39, 0.29) is 24.4 Å². The maximum atomic E-state index is 12.0. The van der Waals surface area contributed by atoms with Crippen molar-refractivity contribution < 1.29 is 9.59 Å². The third-order valence-electron chi connectivity index (χ3n) is 3.48. The van der Waals surface area contributed by atoms with Crippen LogP contribution >= 0.6 is 11.6 Å². The zero-order valence-electron chi connectivity index (χ0n) is 14.5. The lowest BCUT2D eigenvalue weighted by atomic mass is 10.2. The number of benzene rings is 2. The Bertz CT molecular complexity index is 758. The van der Waals surface area contributed by atoms with Gasteiger partial charge < -0.3 is 16.0 Å². The molecule has 0 heterocycles. The highest BCUT2D eigenvalue weighted by Gasteiger charge is 2.07. The second kappa shape index (κ2) is 8.53. The number of carbonyl (C=O) groups is 2. The topological polar surface area (TPSA) is 70.2 Å². The third-order valence-corrected chi connectivity index (χ3v) is 3.88. The van der Waals surface area contributed by atoms with Gasteiger partial charge in [-0.2, -0.15) is 0 Å². The van der Waals surface area contributed by atoms with Crippen LogP contribution in [0, 0.1) is 6.92 Å². The smallest absolute Gasteiger partial charge is 0.251 e. The number of hydrogen-bond donors (Lipinski definition) is 3. The first kappa shape index (κ1) is 18.8. The van der Waals surface area contributed by atoms with Crippen molar-refractivity contribution >= 4 is 34.8 Å². The van der Waals surface area contributed by atoms with Gasteiger partial charge in [0.05, 0.1) is 6.54 Å². The zero-order chi connectivity index (χ0) is 18.4. The molecule has 0 unspecified atom stereocenters. The molecule has 0 aliphatic heterocycles. The molecule has 3 N–H and O–H groups in total. The molecule has 2 aromatic rings. The van der Waals surface area contributed by atoms with Gasteiger partial charge in [0.1, 0.15) is 0 Å². The van der Waals surface area contributed by atoms with Crippen molar-refractivity contribution in [2.24, 2.45) is 0 Å². The Hall–Kier alpha value is -2.53. The summed E-state index contributed by atoms with van der Waals surface area (Å²) in [6, 6.07) is 12.4. The summed E-state index contributed by atoms with van der Waals surface area (Å²) < 4.78 is 0. The summed E-state index contributed by atoms with van der Waals surface area (Å²) in [4.78, 5) is 23.9. The van der Waals surface area contributed by atoms with E-state index >= 15 is 0 Å². The maximum absolute atomic E-state index is 12.0. The highest BCUT2D eigenvalue weighted by atomic mass is 35.5. The Labute approximate surface area is 152 Å². The van der Waals surface area contributed by atoms with E-state index in [9.17, 15) is 9.59 Å². The summed E-state index contributed by atoms with van der Waals surface area (Å²) in [5.74, 6) is -0.294. The van der Waals surface area contributed by atoms with Crippen LogP contribution in [-0.4, -0.2) is 24.4 Å². The fourth-order valence-corrected chi connectivity index (χ4v) is 2.32. The average Bonchev–Trinajstić information content (AvgIpc) is 2.56. The van der Waals surface area contributed by atoms with Crippen LogP contribution in [0.3, 0.4) is 0 Å². The van der Waals surface area contributed by atoms with Crippen molar-refractivity contribution in [2.75, 3.05) is 17.2 Å². The number of amides is 2. The molecule has 5 nitrogen and oxygen atoms in total. The molecule has 2 rings (SSSR count). The molecule has 0 saturated carbocycles. The van der Waals surface area contributed by atoms with Gasteiger partial charge in [0.15, 0.2) is 0 Å². The number of nitrogens with one attached hydrogen (secondary N) is 3. The normalized spacial score (nSPS) is 10.4. The monoisotopic (exact) mass is 359 g/mol. The van der Waals surface area contributed by atoms with Crippen LogP contribution in [0.15, 0.2) is 42.5 Å². The van der Waals surface area contributed by atoms with Gasteiger partial charge >= 0.3 is 0 Å². The van der Waals surface area contributed by atoms with Crippen molar-refractivity contribution in [3.05, 3.63) is 58.6 Å². The number of carbonyl (C=O) groups excluding carboxylic acids is 2. The van der Waals surface area contributed by atoms with E-state index in [4.69, 9.17) is 11.6 Å². The van der Waals surface area contributed by atoms with Crippen molar-refractivity contribution in [3.63, 3.8) is 0 Å². The van der Waals surface area contributed by atoms with Crippen LogP contribution in [-0.2, 0) is 4.79 Å². The van der Waals surface area contributed by atoms with Crippen LogP contribution in [0.25, 0.3) is 0 Å². The summed E-state index contributed by atoms with van der Waals surface area (Å²) in [5.41, 5.74) is 2.96. The van der Waals surface area contributed by atoms with Crippen molar-refractivity contribution in [2.45, 2.75) is 26.8 Å². The molecule has 0 bridgehead atoms. The minimum absolute atomic E-state index is 0.0873. The number of anilines is 2. The molecular formula is C19H22ClN3O2. The predicted molar refractivity (Wildman–Crippen MR) is 102 cm³/mol. The summed E-state index contributed by atoms with van der Waals surface area (Å²) in [7, 11) is 0. The van der Waals surface area contributed by atoms with E-state index in [1.165, 1.54) is 0 Å². The Morgan fingerprint density at radius 3 is 2.28 bits per heavy atom. The lowest BCUT2D eigenvalue weighted by molar-refractivity contribution is -0.114. The molecule has 0 radical (unpaired) electrons. The van der Waals surface area contributed by atoms with Crippen LogP contribution in [0.1, 0.15) is 29.8 Å². The molecule has 6 heteroatoms. The summed E-state index contributed by atoms with van der Waals surface area (Å²) in [5, 5.41) is 9.24. The first-order chi connectivity index (χ1) is 11.8. The van der Waals surface area contributed by atoms with Crippen LogP contribution in [0.5, 0.6) is 0 Å². The van der Waals surface area contributed by atoms with E-state index < -0.39 is 0 Å². The standard InChI is InChI=1S/C19H22ClN3O2/c1-12(2)22-19(25)14-5-8-15(9-6-14)21-11-18(24)23-16-7-4-13(3)17(20)10-16/h4-10,12,21H,11H2,1-3H3,(H,22,25)(H,23,24). The minimum Gasteiger partial charge on any atom is -0.376 e. The molecule has 25 heavy (non-hydrogen) atoms. The van der Waals surface area contributed by atoms with Gasteiger partial charge in [-0.25, -0.2) is 0 Å². The number of hydrogen-bond acceptors (Lipinski definition) is 3. The second-order valence-corrected chi connectivity index (χ2v) is 6.48. The minimum atomic E-state index is -0.179. The van der Waals surface area contributed by atoms with Gasteiger partial charge in [-0.15, -0.1) is 0 Å². The molecule has 132 valence electrons. The Balaban J connectivity index is 1.87. The van der Waals surface area contributed by atoms with E-state index in [0.29, 0.717) is 16.3 Å². The van der Waals surface area contributed by atoms with E-state index in [0.717, 1.165) is 11.3 Å². The molecule has 0 spiro atoms. The summed E-state index contributed by atoms with van der Waals surface area (Å²) >= 11 is 6.04. The average molecular weight is 360 g/mol. The number of halogens is 1. The fraction of sp³-hybridized carbons (Fsp3) is 0.263. The van der Waals surface area contributed by atoms with Gasteiger partial charge in [0.2, 0.25) is 5.91 Å². The van der Waals surface area contributed by atoms with Crippen molar-refractivity contribution in [1.82, 2.24) is 5.32 Å². The highest BCUT2D eigenvalue weighted by molar-refractivity contribution is 6.31. The van der Waals surface area contributed by atoms with E-state index in [1.54, 1.807) is 36.4 Å². The van der Waals surface area contributed by atoms with Crippen LogP contribution in [0.2, 0.25) is 5.02 Å². The number of aryl methyl sites for hydroxylation is 1. The van der Waals surface area contributed by atoms with Gasteiger partial charge in [-0.1, -0.05) is 17.7 Å². The van der Waals surface area contributed by atoms with Gasteiger partial charge in [-0.05, 0) is 62.7 Å². The van der Waals surface area contributed by atoms with Crippen molar-refractivity contribution in [1.29, 1.82) is 0 Å². The molecule has 0 aliphatic carbocycles. The molecule has 0 saturated heterocycles. The second-order valence-electron chi connectivity index (χ2n) is 6.07. The molecule has 0 aromatic heterocycles. The first-order valence-corrected chi connectivity index (χ1v) is 8.44. The Kier molecular flexibility index (Phi) is 6.42. The largest absolute Gasteiger partial charge is 0.376 e. The number of rotatable bonds is 6.